The van der Waals surface area contributed by atoms with E-state index in [1.165, 1.54) is 43.5 Å². The summed E-state index contributed by atoms with van der Waals surface area (Å²) in [6, 6.07) is 4.97. The molecule has 3 heterocycles. The van der Waals surface area contributed by atoms with Gasteiger partial charge >= 0.3 is 0 Å². The molecule has 1 aromatic heterocycles. The Balaban J connectivity index is 1.60. The van der Waals surface area contributed by atoms with Gasteiger partial charge in [0.05, 0.1) is 11.9 Å². The highest BCUT2D eigenvalue weighted by atomic mass is 32.2. The molecule has 0 amide bonds. The third kappa shape index (κ3) is 3.40. The maximum Gasteiger partial charge on any atom is 0.128 e. The molecule has 0 radical (unpaired) electrons. The summed E-state index contributed by atoms with van der Waals surface area (Å²) in [6.45, 7) is 4.66. The van der Waals surface area contributed by atoms with Crippen LogP contribution in [-0.4, -0.2) is 35.1 Å². The SMILES string of the molecule is CC1SCCCC1Nc1ccc(N2CCCCC2)nc1. The van der Waals surface area contributed by atoms with Crippen molar-refractivity contribution in [2.75, 3.05) is 29.1 Å². The molecular formula is C16H25N3S. The summed E-state index contributed by atoms with van der Waals surface area (Å²) in [5.41, 5.74) is 1.17. The Bertz CT molecular complexity index is 414. The summed E-state index contributed by atoms with van der Waals surface area (Å²) >= 11 is 2.08. The lowest BCUT2D eigenvalue weighted by atomic mass is 10.1. The van der Waals surface area contributed by atoms with Crippen LogP contribution in [0.2, 0.25) is 0 Å². The Morgan fingerprint density at radius 3 is 2.75 bits per heavy atom. The fraction of sp³-hybridized carbons (Fsp3) is 0.688. The normalized spacial score (nSPS) is 27.4. The molecule has 2 unspecified atom stereocenters. The molecule has 0 spiro atoms. The minimum atomic E-state index is 0.594. The van der Waals surface area contributed by atoms with Gasteiger partial charge in [0.25, 0.3) is 0 Å². The van der Waals surface area contributed by atoms with Gasteiger partial charge in [0.2, 0.25) is 0 Å². The van der Waals surface area contributed by atoms with E-state index in [0.717, 1.165) is 18.9 Å². The van der Waals surface area contributed by atoms with Crippen LogP contribution in [0.15, 0.2) is 18.3 Å². The molecule has 0 saturated carbocycles. The molecule has 1 aromatic rings. The first-order valence-corrected chi connectivity index (χ1v) is 8.97. The number of aromatic nitrogens is 1. The van der Waals surface area contributed by atoms with Crippen LogP contribution in [-0.2, 0) is 0 Å². The molecule has 4 heteroatoms. The predicted molar refractivity (Wildman–Crippen MR) is 88.9 cm³/mol. The van der Waals surface area contributed by atoms with Gasteiger partial charge in [-0.15, -0.1) is 0 Å². The summed E-state index contributed by atoms with van der Waals surface area (Å²) in [6.07, 6.45) is 8.59. The van der Waals surface area contributed by atoms with Gasteiger partial charge in [-0.3, -0.25) is 0 Å². The van der Waals surface area contributed by atoms with Crippen LogP contribution < -0.4 is 10.2 Å². The van der Waals surface area contributed by atoms with Gasteiger partial charge in [-0.2, -0.15) is 11.8 Å². The monoisotopic (exact) mass is 291 g/mol. The first-order chi connectivity index (χ1) is 9.83. The molecule has 2 fully saturated rings. The quantitative estimate of drug-likeness (QED) is 0.917. The Hall–Kier alpha value is -0.900. The van der Waals surface area contributed by atoms with E-state index in [0.29, 0.717) is 11.3 Å². The van der Waals surface area contributed by atoms with Gasteiger partial charge < -0.3 is 10.2 Å². The third-order valence-electron chi connectivity index (χ3n) is 4.39. The zero-order valence-electron chi connectivity index (χ0n) is 12.3. The van der Waals surface area contributed by atoms with Crippen LogP contribution in [0.5, 0.6) is 0 Å². The topological polar surface area (TPSA) is 28.2 Å². The first kappa shape index (κ1) is 14.1. The lowest BCUT2D eigenvalue weighted by Crippen LogP contribution is -2.33. The first-order valence-electron chi connectivity index (χ1n) is 7.92. The van der Waals surface area contributed by atoms with Gasteiger partial charge in [-0.25, -0.2) is 4.98 Å². The van der Waals surface area contributed by atoms with Gasteiger partial charge in [0.1, 0.15) is 5.82 Å². The van der Waals surface area contributed by atoms with Crippen LogP contribution in [0.25, 0.3) is 0 Å². The van der Waals surface area contributed by atoms with Crippen LogP contribution in [0.3, 0.4) is 0 Å². The van der Waals surface area contributed by atoms with Crippen molar-refractivity contribution in [3.63, 3.8) is 0 Å². The second kappa shape index (κ2) is 6.70. The van der Waals surface area contributed by atoms with E-state index >= 15 is 0 Å². The van der Waals surface area contributed by atoms with E-state index in [9.17, 15) is 0 Å². The number of thioether (sulfide) groups is 1. The summed E-state index contributed by atoms with van der Waals surface area (Å²) in [5, 5.41) is 4.36. The molecule has 2 atom stereocenters. The van der Waals surface area contributed by atoms with Crippen molar-refractivity contribution in [2.24, 2.45) is 0 Å². The van der Waals surface area contributed by atoms with E-state index < -0.39 is 0 Å². The smallest absolute Gasteiger partial charge is 0.128 e. The van der Waals surface area contributed by atoms with Crippen molar-refractivity contribution in [3.05, 3.63) is 18.3 Å². The lowest BCUT2D eigenvalue weighted by Gasteiger charge is -2.30. The average Bonchev–Trinajstić information content (AvgIpc) is 2.51. The molecule has 0 aliphatic carbocycles. The number of pyridine rings is 1. The minimum Gasteiger partial charge on any atom is -0.380 e. The third-order valence-corrected chi connectivity index (χ3v) is 5.77. The molecule has 3 nitrogen and oxygen atoms in total. The van der Waals surface area contributed by atoms with Crippen LogP contribution >= 0.6 is 11.8 Å². The highest BCUT2D eigenvalue weighted by molar-refractivity contribution is 8.00. The molecule has 2 saturated heterocycles. The van der Waals surface area contributed by atoms with Crippen molar-refractivity contribution in [1.82, 2.24) is 4.98 Å². The highest BCUT2D eigenvalue weighted by Crippen LogP contribution is 2.28. The van der Waals surface area contributed by atoms with Gasteiger partial charge in [0.15, 0.2) is 0 Å². The van der Waals surface area contributed by atoms with E-state index in [2.05, 4.69) is 46.0 Å². The van der Waals surface area contributed by atoms with Crippen LogP contribution in [0, 0.1) is 0 Å². The summed E-state index contributed by atoms with van der Waals surface area (Å²) in [4.78, 5) is 7.06. The molecule has 20 heavy (non-hydrogen) atoms. The Morgan fingerprint density at radius 2 is 2.05 bits per heavy atom. The molecule has 0 bridgehead atoms. The van der Waals surface area contributed by atoms with E-state index in [4.69, 9.17) is 0 Å². The Morgan fingerprint density at radius 1 is 1.20 bits per heavy atom. The predicted octanol–water partition coefficient (Wildman–Crippen LogP) is 3.77. The van der Waals surface area contributed by atoms with Gasteiger partial charge in [0, 0.05) is 24.4 Å². The van der Waals surface area contributed by atoms with Crippen molar-refractivity contribution in [2.45, 2.75) is 50.3 Å². The number of nitrogens with one attached hydrogen (secondary N) is 1. The number of rotatable bonds is 3. The zero-order valence-corrected chi connectivity index (χ0v) is 13.2. The van der Waals surface area contributed by atoms with E-state index in [-0.39, 0.29) is 0 Å². The number of hydrogen-bond donors (Lipinski definition) is 1. The molecule has 2 aliphatic rings. The number of piperidine rings is 1. The fourth-order valence-corrected chi connectivity index (χ4v) is 4.25. The molecular weight excluding hydrogens is 266 g/mol. The van der Waals surface area contributed by atoms with Crippen molar-refractivity contribution in [3.8, 4) is 0 Å². The van der Waals surface area contributed by atoms with Crippen LogP contribution in [0.1, 0.15) is 39.0 Å². The minimum absolute atomic E-state index is 0.594. The Labute approximate surface area is 126 Å². The standard InChI is InChI=1S/C16H25N3S/c1-13-15(6-5-11-20-13)18-14-7-8-16(17-12-14)19-9-3-2-4-10-19/h7-8,12-13,15,18H,2-6,9-11H2,1H3. The molecule has 110 valence electrons. The van der Waals surface area contributed by atoms with E-state index in [1.54, 1.807) is 0 Å². The molecule has 3 rings (SSSR count). The van der Waals surface area contributed by atoms with Crippen molar-refractivity contribution >= 4 is 23.3 Å². The lowest BCUT2D eigenvalue weighted by molar-refractivity contribution is 0.573. The summed E-state index contributed by atoms with van der Waals surface area (Å²) < 4.78 is 0. The second-order valence-electron chi connectivity index (χ2n) is 5.92. The number of nitrogens with zero attached hydrogens (tertiary/aromatic N) is 2. The van der Waals surface area contributed by atoms with Crippen molar-refractivity contribution < 1.29 is 0 Å². The molecule has 0 aromatic carbocycles. The fourth-order valence-electron chi connectivity index (χ4n) is 3.11. The highest BCUT2D eigenvalue weighted by Gasteiger charge is 2.21. The largest absolute Gasteiger partial charge is 0.380 e. The maximum absolute atomic E-state index is 4.65. The van der Waals surface area contributed by atoms with E-state index in [1.807, 2.05) is 6.20 Å². The number of anilines is 2. The average molecular weight is 291 g/mol. The second-order valence-corrected chi connectivity index (χ2v) is 7.41. The summed E-state index contributed by atoms with van der Waals surface area (Å²) in [7, 11) is 0. The Kier molecular flexibility index (Phi) is 4.71. The molecule has 1 N–H and O–H groups in total. The number of hydrogen-bond acceptors (Lipinski definition) is 4. The summed E-state index contributed by atoms with van der Waals surface area (Å²) in [5.74, 6) is 2.45. The zero-order chi connectivity index (χ0) is 13.8. The maximum atomic E-state index is 4.65. The van der Waals surface area contributed by atoms with Gasteiger partial charge in [-0.1, -0.05) is 6.92 Å². The van der Waals surface area contributed by atoms with Gasteiger partial charge in [-0.05, 0) is 50.0 Å². The molecule has 2 aliphatic heterocycles. The van der Waals surface area contributed by atoms with Crippen LogP contribution in [0.4, 0.5) is 11.5 Å². The van der Waals surface area contributed by atoms with Crippen molar-refractivity contribution in [1.29, 1.82) is 0 Å².